The van der Waals surface area contributed by atoms with Crippen LogP contribution < -0.4 is 5.43 Å². The maximum Gasteiger partial charge on any atom is 0.241 e. The van der Waals surface area contributed by atoms with Gasteiger partial charge < -0.3 is 4.98 Å². The van der Waals surface area contributed by atoms with E-state index >= 15 is 0 Å². The molecule has 2 heterocycles. The third kappa shape index (κ3) is 1.78. The number of rotatable bonds is 1. The predicted molar refractivity (Wildman–Crippen MR) is 81.2 cm³/mol. The zero-order valence-electron chi connectivity index (χ0n) is 8.91. The van der Waals surface area contributed by atoms with Gasteiger partial charge in [-0.15, -0.1) is 22.8 Å². The van der Waals surface area contributed by atoms with E-state index in [2.05, 4.69) is 33.2 Å². The van der Waals surface area contributed by atoms with Gasteiger partial charge >= 0.3 is 0 Å². The van der Waals surface area contributed by atoms with E-state index in [0.717, 1.165) is 16.4 Å². The van der Waals surface area contributed by atoms with E-state index in [1.54, 1.807) is 4.68 Å². The number of H-pyrrole nitrogens is 1. The number of aromatic nitrogens is 4. The quantitative estimate of drug-likeness (QED) is 0.475. The summed E-state index contributed by atoms with van der Waals surface area (Å²) in [6.45, 7) is 0. The first-order valence-corrected chi connectivity index (χ1v) is 6.29. The molecule has 0 aliphatic heterocycles. The summed E-state index contributed by atoms with van der Waals surface area (Å²) in [4.78, 5) is 3.23. The van der Waals surface area contributed by atoms with Crippen LogP contribution >= 0.6 is 37.1 Å². The molecule has 0 saturated carbocycles. The van der Waals surface area contributed by atoms with Gasteiger partial charge in [-0.3, -0.25) is 5.43 Å². The third-order valence-corrected chi connectivity index (χ3v) is 2.97. The molecule has 90 valence electrons. The lowest BCUT2D eigenvalue weighted by atomic mass is 10.2. The molecule has 0 bridgehead atoms. The minimum atomic E-state index is 0.283. The standard InChI is InChI=1S/C10H7N5S3/c16-9-13-12-7-5-3-1-2-4-6(5)11-8(7)15(9)14-10(17)18/h1-4,11H,(H2,14,17,18). The van der Waals surface area contributed by atoms with Crippen molar-refractivity contribution in [3.63, 3.8) is 0 Å². The molecule has 0 saturated heterocycles. The highest BCUT2D eigenvalue weighted by Gasteiger charge is 2.10. The van der Waals surface area contributed by atoms with Gasteiger partial charge in [-0.05, 0) is 18.3 Å². The number of thiol groups is 1. The molecule has 0 aliphatic rings. The SMILES string of the molecule is S=C(S)Nn1c(=S)nnc2c3ccccc3[nH]c21. The van der Waals surface area contributed by atoms with Gasteiger partial charge in [-0.1, -0.05) is 30.4 Å². The molecule has 18 heavy (non-hydrogen) atoms. The van der Waals surface area contributed by atoms with Crippen LogP contribution in [0, 0.1) is 4.77 Å². The Kier molecular flexibility index (Phi) is 2.77. The fraction of sp³-hybridized carbons (Fsp3) is 0. The Balaban J connectivity index is 2.43. The van der Waals surface area contributed by atoms with Crippen LogP contribution in [-0.4, -0.2) is 24.2 Å². The van der Waals surface area contributed by atoms with E-state index in [1.807, 2.05) is 24.3 Å². The monoisotopic (exact) mass is 293 g/mol. The summed E-state index contributed by atoms with van der Waals surface area (Å²) in [5.41, 5.74) is 5.26. The fourth-order valence-electron chi connectivity index (χ4n) is 1.81. The van der Waals surface area contributed by atoms with Crippen LogP contribution in [0.2, 0.25) is 0 Å². The highest BCUT2D eigenvalue weighted by atomic mass is 32.1. The molecular weight excluding hydrogens is 286 g/mol. The highest BCUT2D eigenvalue weighted by molar-refractivity contribution is 8.11. The smallest absolute Gasteiger partial charge is 0.241 e. The molecule has 5 nitrogen and oxygen atoms in total. The zero-order chi connectivity index (χ0) is 12.7. The van der Waals surface area contributed by atoms with Crippen LogP contribution in [0.4, 0.5) is 0 Å². The van der Waals surface area contributed by atoms with Crippen molar-refractivity contribution in [1.29, 1.82) is 0 Å². The average molecular weight is 293 g/mol. The maximum absolute atomic E-state index is 5.12. The molecule has 0 amide bonds. The number of benzene rings is 1. The van der Waals surface area contributed by atoms with Crippen LogP contribution in [0.5, 0.6) is 0 Å². The molecule has 0 atom stereocenters. The summed E-state index contributed by atoms with van der Waals surface area (Å²) in [5.74, 6) is 0. The van der Waals surface area contributed by atoms with E-state index in [1.165, 1.54) is 0 Å². The molecule has 0 fully saturated rings. The first-order chi connectivity index (χ1) is 8.66. The Morgan fingerprint density at radius 1 is 1.33 bits per heavy atom. The summed E-state index contributed by atoms with van der Waals surface area (Å²) in [6, 6.07) is 7.82. The number of hydrogen-bond acceptors (Lipinski definition) is 4. The Bertz CT molecular complexity index is 819. The largest absolute Gasteiger partial charge is 0.338 e. The van der Waals surface area contributed by atoms with Crippen molar-refractivity contribution < 1.29 is 0 Å². The van der Waals surface area contributed by atoms with Crippen molar-refractivity contribution >= 4 is 63.5 Å². The van der Waals surface area contributed by atoms with Gasteiger partial charge in [0.05, 0.1) is 0 Å². The van der Waals surface area contributed by atoms with Gasteiger partial charge in [0.2, 0.25) is 4.77 Å². The van der Waals surface area contributed by atoms with Gasteiger partial charge in [0, 0.05) is 10.9 Å². The lowest BCUT2D eigenvalue weighted by Crippen LogP contribution is -2.20. The zero-order valence-corrected chi connectivity index (χ0v) is 11.4. The minimum Gasteiger partial charge on any atom is -0.338 e. The Morgan fingerprint density at radius 3 is 2.89 bits per heavy atom. The van der Waals surface area contributed by atoms with Crippen molar-refractivity contribution in [2.45, 2.75) is 0 Å². The van der Waals surface area contributed by atoms with Crippen LogP contribution in [0.15, 0.2) is 24.3 Å². The molecular formula is C10H7N5S3. The predicted octanol–water partition coefficient (Wildman–Crippen LogP) is 2.40. The molecule has 2 N–H and O–H groups in total. The molecule has 0 unspecified atom stereocenters. The number of fused-ring (bicyclic) bond motifs is 3. The molecule has 0 aliphatic carbocycles. The lowest BCUT2D eigenvalue weighted by Gasteiger charge is -2.07. The number of nitrogens with zero attached hydrogens (tertiary/aromatic N) is 3. The summed E-state index contributed by atoms with van der Waals surface area (Å²) in [6.07, 6.45) is 0. The van der Waals surface area contributed by atoms with E-state index in [-0.39, 0.29) is 4.77 Å². The van der Waals surface area contributed by atoms with E-state index in [9.17, 15) is 0 Å². The van der Waals surface area contributed by atoms with Crippen molar-refractivity contribution in [2.75, 3.05) is 5.43 Å². The first kappa shape index (κ1) is 11.6. The molecule has 1 aromatic carbocycles. The molecule has 3 aromatic rings. The highest BCUT2D eigenvalue weighted by Crippen LogP contribution is 2.22. The summed E-state index contributed by atoms with van der Waals surface area (Å²) >= 11 is 14.1. The second kappa shape index (κ2) is 4.30. The van der Waals surface area contributed by atoms with Gasteiger partial charge in [-0.25, -0.2) is 4.68 Å². The lowest BCUT2D eigenvalue weighted by molar-refractivity contribution is 0.873. The van der Waals surface area contributed by atoms with Gasteiger partial charge in [0.1, 0.15) is 9.84 Å². The van der Waals surface area contributed by atoms with Gasteiger partial charge in [-0.2, -0.15) is 0 Å². The second-order valence-corrected chi connectivity index (χ2v) is 5.13. The molecule has 0 radical (unpaired) electrons. The fourth-order valence-corrected chi connectivity index (χ4v) is 2.18. The van der Waals surface area contributed by atoms with E-state index in [4.69, 9.17) is 24.4 Å². The number of hydrogen-bond donors (Lipinski definition) is 3. The molecule has 3 rings (SSSR count). The van der Waals surface area contributed by atoms with Crippen molar-refractivity contribution in [3.8, 4) is 0 Å². The summed E-state index contributed by atoms with van der Waals surface area (Å²) < 4.78 is 2.15. The number of nitrogens with one attached hydrogen (secondary N) is 2. The molecule has 0 spiro atoms. The number of thiocarbonyl (C=S) groups is 1. The van der Waals surface area contributed by atoms with Crippen molar-refractivity contribution in [3.05, 3.63) is 29.0 Å². The third-order valence-electron chi connectivity index (χ3n) is 2.52. The van der Waals surface area contributed by atoms with Crippen LogP contribution in [-0.2, 0) is 0 Å². The van der Waals surface area contributed by atoms with Gasteiger partial charge in [0.15, 0.2) is 5.65 Å². The van der Waals surface area contributed by atoms with Crippen LogP contribution in [0.1, 0.15) is 0 Å². The Labute approximate surface area is 118 Å². The van der Waals surface area contributed by atoms with Crippen LogP contribution in [0.25, 0.3) is 22.1 Å². The topological polar surface area (TPSA) is 58.5 Å². The Morgan fingerprint density at radius 2 is 2.11 bits per heavy atom. The maximum atomic E-state index is 5.12. The van der Waals surface area contributed by atoms with E-state index in [0.29, 0.717) is 9.97 Å². The normalized spacial score (nSPS) is 10.9. The first-order valence-electron chi connectivity index (χ1n) is 5.03. The minimum absolute atomic E-state index is 0.283. The molecule has 2 aromatic heterocycles. The molecule has 8 heteroatoms. The Hall–Kier alpha value is -1.51. The number of para-hydroxylation sites is 1. The van der Waals surface area contributed by atoms with Crippen molar-refractivity contribution in [1.82, 2.24) is 19.9 Å². The van der Waals surface area contributed by atoms with E-state index < -0.39 is 0 Å². The van der Waals surface area contributed by atoms with Gasteiger partial charge in [0.25, 0.3) is 0 Å². The van der Waals surface area contributed by atoms with Crippen LogP contribution in [0.3, 0.4) is 0 Å². The average Bonchev–Trinajstić information content (AvgIpc) is 2.71. The summed E-state index contributed by atoms with van der Waals surface area (Å²) in [5, 5.41) is 9.04. The second-order valence-electron chi connectivity index (χ2n) is 3.60. The van der Waals surface area contributed by atoms with Crippen molar-refractivity contribution in [2.24, 2.45) is 0 Å². The number of aromatic amines is 1. The summed E-state index contributed by atoms with van der Waals surface area (Å²) in [7, 11) is 0.